The van der Waals surface area contributed by atoms with E-state index < -0.39 is 0 Å². The Balaban J connectivity index is 1.78. The molecule has 2 amide bonds. The van der Waals surface area contributed by atoms with Gasteiger partial charge in [0.2, 0.25) is 5.91 Å². The van der Waals surface area contributed by atoms with Crippen molar-refractivity contribution in [3.05, 3.63) is 29.3 Å². The molecule has 4 N–H and O–H groups in total. The van der Waals surface area contributed by atoms with Crippen molar-refractivity contribution < 1.29 is 9.59 Å². The number of amides is 2. The molecule has 1 aliphatic carbocycles. The number of fused-ring (bicyclic) bond motifs is 1. The summed E-state index contributed by atoms with van der Waals surface area (Å²) in [5.74, 6) is -0.119. The van der Waals surface area contributed by atoms with Gasteiger partial charge in [-0.15, -0.1) is 0 Å². The molecule has 106 valence electrons. The largest absolute Gasteiger partial charge is 0.345 e. The van der Waals surface area contributed by atoms with Crippen LogP contribution in [0, 0.1) is 0 Å². The van der Waals surface area contributed by atoms with Crippen molar-refractivity contribution in [3.63, 3.8) is 0 Å². The van der Waals surface area contributed by atoms with Crippen molar-refractivity contribution in [1.29, 1.82) is 0 Å². The first-order valence-corrected chi connectivity index (χ1v) is 7.07. The summed E-state index contributed by atoms with van der Waals surface area (Å²) in [6.07, 6.45) is 4.46. The molecule has 0 spiro atoms. The smallest absolute Gasteiger partial charge is 0.251 e. The third kappa shape index (κ3) is 2.29. The summed E-state index contributed by atoms with van der Waals surface area (Å²) in [4.78, 5) is 23.7. The fourth-order valence-electron chi connectivity index (χ4n) is 3.12. The van der Waals surface area contributed by atoms with Crippen molar-refractivity contribution in [3.8, 4) is 0 Å². The second-order valence-electron chi connectivity index (χ2n) is 5.74. The van der Waals surface area contributed by atoms with Gasteiger partial charge in [0, 0.05) is 17.8 Å². The van der Waals surface area contributed by atoms with E-state index in [1.54, 1.807) is 18.2 Å². The van der Waals surface area contributed by atoms with Gasteiger partial charge >= 0.3 is 0 Å². The van der Waals surface area contributed by atoms with Gasteiger partial charge in [-0.1, -0.05) is 12.8 Å². The van der Waals surface area contributed by atoms with E-state index in [2.05, 4.69) is 10.6 Å². The quantitative estimate of drug-likeness (QED) is 0.773. The van der Waals surface area contributed by atoms with Crippen LogP contribution >= 0.6 is 0 Å². The van der Waals surface area contributed by atoms with Gasteiger partial charge < -0.3 is 16.4 Å². The van der Waals surface area contributed by atoms with Crippen LogP contribution in [0.4, 0.5) is 5.69 Å². The van der Waals surface area contributed by atoms with Crippen LogP contribution in [0.15, 0.2) is 18.2 Å². The van der Waals surface area contributed by atoms with Crippen LogP contribution < -0.4 is 16.4 Å². The highest BCUT2D eigenvalue weighted by atomic mass is 16.2. The van der Waals surface area contributed by atoms with E-state index in [0.29, 0.717) is 18.5 Å². The first kappa shape index (κ1) is 13.1. The molecule has 1 aliphatic heterocycles. The Morgan fingerprint density at radius 2 is 2.10 bits per heavy atom. The topological polar surface area (TPSA) is 84.2 Å². The zero-order valence-electron chi connectivity index (χ0n) is 11.4. The van der Waals surface area contributed by atoms with Crippen LogP contribution in [0.5, 0.6) is 0 Å². The molecule has 0 saturated heterocycles. The molecular weight excluding hydrogens is 254 g/mol. The van der Waals surface area contributed by atoms with Crippen LogP contribution in [0.2, 0.25) is 0 Å². The molecule has 2 aliphatic rings. The molecule has 1 fully saturated rings. The van der Waals surface area contributed by atoms with Gasteiger partial charge in [-0.3, -0.25) is 9.59 Å². The average molecular weight is 273 g/mol. The number of rotatable bonds is 3. The van der Waals surface area contributed by atoms with Gasteiger partial charge in [0.25, 0.3) is 5.91 Å². The lowest BCUT2D eigenvalue weighted by Gasteiger charge is -2.28. The SMILES string of the molecule is NCC1(NC(=O)c2ccc3c(c2)CC(=O)N3)CCCC1. The molecule has 3 rings (SSSR count). The molecule has 0 radical (unpaired) electrons. The second kappa shape index (κ2) is 4.90. The number of nitrogens with two attached hydrogens (primary N) is 1. The lowest BCUT2D eigenvalue weighted by atomic mass is 9.97. The third-order valence-electron chi connectivity index (χ3n) is 4.32. The minimum Gasteiger partial charge on any atom is -0.345 e. The van der Waals surface area contributed by atoms with Crippen LogP contribution in [0.25, 0.3) is 0 Å². The Morgan fingerprint density at radius 1 is 1.35 bits per heavy atom. The van der Waals surface area contributed by atoms with Crippen molar-refractivity contribution in [2.24, 2.45) is 5.73 Å². The highest BCUT2D eigenvalue weighted by Crippen LogP contribution is 2.29. The zero-order valence-corrected chi connectivity index (χ0v) is 11.4. The predicted molar refractivity (Wildman–Crippen MR) is 76.5 cm³/mol. The van der Waals surface area contributed by atoms with Gasteiger partial charge in [0.15, 0.2) is 0 Å². The van der Waals surface area contributed by atoms with E-state index in [0.717, 1.165) is 36.9 Å². The van der Waals surface area contributed by atoms with E-state index >= 15 is 0 Å². The zero-order chi connectivity index (χ0) is 14.2. The molecule has 20 heavy (non-hydrogen) atoms. The molecule has 5 nitrogen and oxygen atoms in total. The molecule has 0 aromatic heterocycles. The predicted octanol–water partition coefficient (Wildman–Crippen LogP) is 1.18. The van der Waals surface area contributed by atoms with Crippen molar-refractivity contribution in [1.82, 2.24) is 5.32 Å². The second-order valence-corrected chi connectivity index (χ2v) is 5.74. The van der Waals surface area contributed by atoms with Crippen molar-refractivity contribution in [2.45, 2.75) is 37.6 Å². The Kier molecular flexibility index (Phi) is 3.22. The number of hydrogen-bond acceptors (Lipinski definition) is 3. The summed E-state index contributed by atoms with van der Waals surface area (Å²) in [7, 11) is 0. The van der Waals surface area contributed by atoms with Gasteiger partial charge in [-0.05, 0) is 36.6 Å². The Hall–Kier alpha value is -1.88. The number of hydrogen-bond donors (Lipinski definition) is 3. The number of anilines is 1. The summed E-state index contributed by atoms with van der Waals surface area (Å²) >= 11 is 0. The van der Waals surface area contributed by atoms with Crippen molar-refractivity contribution >= 4 is 17.5 Å². The number of carbonyl (C=O) groups excluding carboxylic acids is 2. The standard InChI is InChI=1S/C15H19N3O2/c16-9-15(5-1-2-6-15)18-14(20)10-3-4-12-11(7-10)8-13(19)17-12/h3-4,7H,1-2,5-6,8-9,16H2,(H,17,19)(H,18,20). The Bertz CT molecular complexity index is 562. The molecular formula is C15H19N3O2. The molecule has 1 heterocycles. The highest BCUT2D eigenvalue weighted by molar-refractivity contribution is 6.01. The van der Waals surface area contributed by atoms with Gasteiger partial charge in [0.05, 0.1) is 12.0 Å². The molecule has 1 aromatic carbocycles. The summed E-state index contributed by atoms with van der Waals surface area (Å²) in [6, 6.07) is 5.33. The summed E-state index contributed by atoms with van der Waals surface area (Å²) < 4.78 is 0. The molecule has 1 saturated carbocycles. The van der Waals surface area contributed by atoms with Crippen LogP contribution in [-0.2, 0) is 11.2 Å². The van der Waals surface area contributed by atoms with Gasteiger partial charge in [0.1, 0.15) is 0 Å². The monoisotopic (exact) mass is 273 g/mol. The molecule has 0 atom stereocenters. The number of benzene rings is 1. The molecule has 0 bridgehead atoms. The summed E-state index contributed by atoms with van der Waals surface area (Å²) in [6.45, 7) is 0.476. The minimum atomic E-state index is -0.246. The average Bonchev–Trinajstić information content (AvgIpc) is 3.03. The Morgan fingerprint density at radius 3 is 2.80 bits per heavy atom. The first-order chi connectivity index (χ1) is 9.62. The Labute approximate surface area is 117 Å². The minimum absolute atomic E-state index is 0.0215. The fraction of sp³-hybridized carbons (Fsp3) is 0.467. The molecule has 5 heteroatoms. The van der Waals surface area contributed by atoms with Crippen LogP contribution in [-0.4, -0.2) is 23.9 Å². The highest BCUT2D eigenvalue weighted by Gasteiger charge is 2.34. The fourth-order valence-corrected chi connectivity index (χ4v) is 3.12. The van der Waals surface area contributed by atoms with E-state index in [1.165, 1.54) is 0 Å². The maximum atomic E-state index is 12.4. The maximum absolute atomic E-state index is 12.4. The van der Waals surface area contributed by atoms with Crippen molar-refractivity contribution in [2.75, 3.05) is 11.9 Å². The molecule has 0 unspecified atom stereocenters. The number of carbonyl (C=O) groups is 2. The first-order valence-electron chi connectivity index (χ1n) is 7.07. The summed E-state index contributed by atoms with van der Waals surface area (Å²) in [5, 5.41) is 5.86. The number of nitrogens with one attached hydrogen (secondary N) is 2. The van der Waals surface area contributed by atoms with E-state index in [1.807, 2.05) is 0 Å². The summed E-state index contributed by atoms with van der Waals surface area (Å²) in [5.41, 5.74) is 7.88. The van der Waals surface area contributed by atoms with Gasteiger partial charge in [-0.25, -0.2) is 0 Å². The van der Waals surface area contributed by atoms with E-state index in [4.69, 9.17) is 5.73 Å². The van der Waals surface area contributed by atoms with Crippen LogP contribution in [0.1, 0.15) is 41.6 Å². The molecule has 1 aromatic rings. The van der Waals surface area contributed by atoms with Gasteiger partial charge in [-0.2, -0.15) is 0 Å². The normalized spacial score (nSPS) is 19.6. The lowest BCUT2D eigenvalue weighted by molar-refractivity contribution is -0.115. The third-order valence-corrected chi connectivity index (χ3v) is 4.32. The lowest BCUT2D eigenvalue weighted by Crippen LogP contribution is -2.51. The van der Waals surface area contributed by atoms with Crippen LogP contribution in [0.3, 0.4) is 0 Å². The van der Waals surface area contributed by atoms with E-state index in [-0.39, 0.29) is 17.4 Å². The van der Waals surface area contributed by atoms with E-state index in [9.17, 15) is 9.59 Å². The maximum Gasteiger partial charge on any atom is 0.251 e.